The van der Waals surface area contributed by atoms with E-state index in [-0.39, 0.29) is 12.3 Å². The van der Waals surface area contributed by atoms with Crippen molar-refractivity contribution in [2.75, 3.05) is 7.11 Å². The maximum Gasteiger partial charge on any atom is 0.226 e. The second kappa shape index (κ2) is 7.31. The highest BCUT2D eigenvalue weighted by Gasteiger charge is 2.11. The molecule has 6 heteroatoms. The summed E-state index contributed by atoms with van der Waals surface area (Å²) in [5.41, 5.74) is 1.68. The van der Waals surface area contributed by atoms with E-state index in [1.165, 1.54) is 11.3 Å². The first-order valence-corrected chi connectivity index (χ1v) is 8.43. The minimum Gasteiger partial charge on any atom is -0.496 e. The van der Waals surface area contributed by atoms with Crippen LogP contribution in [0.1, 0.15) is 17.0 Å². The number of aromatic nitrogens is 1. The maximum atomic E-state index is 12.1. The van der Waals surface area contributed by atoms with Crippen LogP contribution in [0.2, 0.25) is 0 Å². The zero-order valence-corrected chi connectivity index (χ0v) is 14.4. The molecule has 0 aliphatic rings. The molecule has 0 unspecified atom stereocenters. The van der Waals surface area contributed by atoms with Gasteiger partial charge in [-0.15, -0.1) is 11.3 Å². The third-order valence-electron chi connectivity index (χ3n) is 3.51. The zero-order valence-electron chi connectivity index (χ0n) is 13.5. The van der Waals surface area contributed by atoms with E-state index in [1.54, 1.807) is 7.11 Å². The summed E-state index contributed by atoms with van der Waals surface area (Å²) in [6.45, 7) is 2.32. The predicted molar refractivity (Wildman–Crippen MR) is 93.1 cm³/mol. The van der Waals surface area contributed by atoms with Crippen LogP contribution in [0.25, 0.3) is 10.8 Å². The van der Waals surface area contributed by atoms with Crippen LogP contribution in [0.3, 0.4) is 0 Å². The van der Waals surface area contributed by atoms with Crippen molar-refractivity contribution in [3.05, 3.63) is 58.8 Å². The third kappa shape index (κ3) is 3.83. The van der Waals surface area contributed by atoms with E-state index in [1.807, 2.05) is 48.7 Å². The minimum absolute atomic E-state index is 0.0756. The molecule has 0 aliphatic heterocycles. The Morgan fingerprint density at radius 1 is 1.29 bits per heavy atom. The van der Waals surface area contributed by atoms with Crippen LogP contribution in [-0.2, 0) is 17.8 Å². The van der Waals surface area contributed by atoms with E-state index < -0.39 is 0 Å². The van der Waals surface area contributed by atoms with Gasteiger partial charge in [0.05, 0.1) is 19.2 Å². The molecule has 0 spiro atoms. The van der Waals surface area contributed by atoms with Crippen molar-refractivity contribution in [1.82, 2.24) is 10.3 Å². The number of hydrogen-bond acceptors (Lipinski definition) is 5. The Balaban J connectivity index is 1.58. The van der Waals surface area contributed by atoms with Gasteiger partial charge in [-0.25, -0.2) is 4.98 Å². The van der Waals surface area contributed by atoms with Crippen molar-refractivity contribution in [3.63, 3.8) is 0 Å². The van der Waals surface area contributed by atoms with Gasteiger partial charge in [0.25, 0.3) is 0 Å². The highest BCUT2D eigenvalue weighted by Crippen LogP contribution is 2.25. The number of methoxy groups -OCH3 is 1. The van der Waals surface area contributed by atoms with Gasteiger partial charge in [-0.2, -0.15) is 0 Å². The quantitative estimate of drug-likeness (QED) is 0.744. The van der Waals surface area contributed by atoms with Crippen molar-refractivity contribution in [2.24, 2.45) is 0 Å². The number of aryl methyl sites for hydroxylation is 1. The lowest BCUT2D eigenvalue weighted by Crippen LogP contribution is -2.24. The molecule has 0 bridgehead atoms. The molecule has 0 radical (unpaired) electrons. The molecule has 24 heavy (non-hydrogen) atoms. The standard InChI is InChI=1S/C18H18N2O3S/c1-12-7-8-16(23-12)18-20-14(11-24-18)9-17(21)19-10-13-5-3-4-6-15(13)22-2/h3-8,11H,9-10H2,1-2H3,(H,19,21). The molecule has 0 fully saturated rings. The molecule has 2 heterocycles. The molecular formula is C18H18N2O3S. The molecule has 0 saturated carbocycles. The maximum absolute atomic E-state index is 12.1. The summed E-state index contributed by atoms with van der Waals surface area (Å²) in [6.07, 6.45) is 0.241. The van der Waals surface area contributed by atoms with Gasteiger partial charge in [-0.3, -0.25) is 4.79 Å². The lowest BCUT2D eigenvalue weighted by molar-refractivity contribution is -0.120. The zero-order chi connectivity index (χ0) is 16.9. The van der Waals surface area contributed by atoms with Crippen LogP contribution >= 0.6 is 11.3 Å². The van der Waals surface area contributed by atoms with Gasteiger partial charge in [0.1, 0.15) is 11.5 Å². The first-order valence-electron chi connectivity index (χ1n) is 7.55. The highest BCUT2D eigenvalue weighted by atomic mass is 32.1. The average Bonchev–Trinajstić information content (AvgIpc) is 3.22. The summed E-state index contributed by atoms with van der Waals surface area (Å²) in [5.74, 6) is 2.27. The number of benzene rings is 1. The number of thiazole rings is 1. The lowest BCUT2D eigenvalue weighted by Gasteiger charge is -2.09. The minimum atomic E-state index is -0.0756. The average molecular weight is 342 g/mol. The lowest BCUT2D eigenvalue weighted by atomic mass is 10.2. The van der Waals surface area contributed by atoms with Crippen molar-refractivity contribution >= 4 is 17.2 Å². The van der Waals surface area contributed by atoms with Gasteiger partial charge in [0.15, 0.2) is 10.8 Å². The Bertz CT molecular complexity index is 838. The number of hydrogen-bond donors (Lipinski definition) is 1. The highest BCUT2D eigenvalue weighted by molar-refractivity contribution is 7.13. The Morgan fingerprint density at radius 3 is 2.88 bits per heavy atom. The van der Waals surface area contributed by atoms with E-state index in [0.717, 1.165) is 33.5 Å². The predicted octanol–water partition coefficient (Wildman–Crippen LogP) is 3.58. The van der Waals surface area contributed by atoms with E-state index in [9.17, 15) is 4.79 Å². The number of carbonyl (C=O) groups is 1. The summed E-state index contributed by atoms with van der Waals surface area (Å²) < 4.78 is 10.8. The van der Waals surface area contributed by atoms with Crippen LogP contribution in [0, 0.1) is 6.92 Å². The van der Waals surface area contributed by atoms with Crippen LogP contribution in [0.15, 0.2) is 46.2 Å². The fourth-order valence-electron chi connectivity index (χ4n) is 2.32. The fourth-order valence-corrected chi connectivity index (χ4v) is 3.10. The summed E-state index contributed by atoms with van der Waals surface area (Å²) in [7, 11) is 1.62. The molecule has 5 nitrogen and oxygen atoms in total. The van der Waals surface area contributed by atoms with Crippen LogP contribution < -0.4 is 10.1 Å². The normalized spacial score (nSPS) is 10.6. The van der Waals surface area contributed by atoms with Gasteiger partial charge in [0.2, 0.25) is 5.91 Å². The molecule has 124 valence electrons. The molecule has 1 aromatic carbocycles. The molecule has 0 aliphatic carbocycles. The number of ether oxygens (including phenoxy) is 1. The first-order chi connectivity index (χ1) is 11.7. The number of amides is 1. The smallest absolute Gasteiger partial charge is 0.226 e. The Labute approximate surface area is 144 Å². The van der Waals surface area contributed by atoms with Gasteiger partial charge < -0.3 is 14.5 Å². The second-order valence-electron chi connectivity index (χ2n) is 5.32. The van der Waals surface area contributed by atoms with Crippen molar-refractivity contribution in [2.45, 2.75) is 19.9 Å². The molecular weight excluding hydrogens is 324 g/mol. The first kappa shape index (κ1) is 16.3. The molecule has 2 aromatic heterocycles. The number of nitrogens with one attached hydrogen (secondary N) is 1. The van der Waals surface area contributed by atoms with E-state index in [4.69, 9.17) is 9.15 Å². The van der Waals surface area contributed by atoms with E-state index in [2.05, 4.69) is 10.3 Å². The number of nitrogens with zero attached hydrogens (tertiary/aromatic N) is 1. The SMILES string of the molecule is COc1ccccc1CNC(=O)Cc1csc(-c2ccc(C)o2)n1. The molecule has 1 N–H and O–H groups in total. The number of rotatable bonds is 6. The van der Waals surface area contributed by atoms with E-state index >= 15 is 0 Å². The summed E-state index contributed by atoms with van der Waals surface area (Å²) in [6, 6.07) is 11.4. The molecule has 3 aromatic rings. The molecule has 3 rings (SSSR count). The van der Waals surface area contributed by atoms with Crippen LogP contribution in [-0.4, -0.2) is 18.0 Å². The number of carbonyl (C=O) groups excluding carboxylic acids is 1. The molecule has 0 atom stereocenters. The summed E-state index contributed by atoms with van der Waals surface area (Å²) >= 11 is 1.47. The topological polar surface area (TPSA) is 64.4 Å². The van der Waals surface area contributed by atoms with Crippen LogP contribution in [0.5, 0.6) is 5.75 Å². The Kier molecular flexibility index (Phi) is 4.96. The Morgan fingerprint density at radius 2 is 2.12 bits per heavy atom. The van der Waals surface area contributed by atoms with Crippen LogP contribution in [0.4, 0.5) is 0 Å². The van der Waals surface area contributed by atoms with E-state index in [0.29, 0.717) is 6.54 Å². The molecule has 0 saturated heterocycles. The molecule has 1 amide bonds. The second-order valence-corrected chi connectivity index (χ2v) is 6.18. The van der Waals surface area contributed by atoms with Crippen molar-refractivity contribution in [3.8, 4) is 16.5 Å². The van der Waals surface area contributed by atoms with Crippen molar-refractivity contribution in [1.29, 1.82) is 0 Å². The summed E-state index contributed by atoms with van der Waals surface area (Å²) in [5, 5.41) is 5.57. The monoisotopic (exact) mass is 342 g/mol. The third-order valence-corrected chi connectivity index (χ3v) is 4.42. The number of furan rings is 1. The van der Waals surface area contributed by atoms with Gasteiger partial charge in [-0.1, -0.05) is 18.2 Å². The summed E-state index contributed by atoms with van der Waals surface area (Å²) in [4.78, 5) is 16.6. The van der Waals surface area contributed by atoms with Crippen molar-refractivity contribution < 1.29 is 13.9 Å². The Hall–Kier alpha value is -2.60. The number of para-hydroxylation sites is 1. The largest absolute Gasteiger partial charge is 0.496 e. The van der Waals surface area contributed by atoms with Gasteiger partial charge in [-0.05, 0) is 25.1 Å². The van der Waals surface area contributed by atoms with Gasteiger partial charge >= 0.3 is 0 Å². The van der Waals surface area contributed by atoms with Gasteiger partial charge in [0, 0.05) is 17.5 Å². The fraction of sp³-hybridized carbons (Fsp3) is 0.222.